The molecular formula is C16H20N2O2. The lowest BCUT2D eigenvalue weighted by Crippen LogP contribution is -2.25. The van der Waals surface area contributed by atoms with E-state index in [2.05, 4.69) is 5.32 Å². The molecule has 20 heavy (non-hydrogen) atoms. The summed E-state index contributed by atoms with van der Waals surface area (Å²) in [5.74, 6) is 0.723. The number of carbonyl (C=O) groups excluding carboxylic acids is 1. The Morgan fingerprint density at radius 2 is 1.90 bits per heavy atom. The Morgan fingerprint density at radius 1 is 1.15 bits per heavy atom. The maximum Gasteiger partial charge on any atom is 0.251 e. The van der Waals surface area contributed by atoms with Gasteiger partial charge in [0.05, 0.1) is 7.11 Å². The molecule has 3 N–H and O–H groups in total. The maximum absolute atomic E-state index is 12.2. The van der Waals surface area contributed by atoms with Crippen LogP contribution in [-0.4, -0.2) is 26.1 Å². The molecule has 0 spiro atoms. The highest BCUT2D eigenvalue weighted by Gasteiger charge is 2.11. The summed E-state index contributed by atoms with van der Waals surface area (Å²) in [7, 11) is 1.63. The molecule has 0 bridgehead atoms. The molecule has 0 aliphatic rings. The van der Waals surface area contributed by atoms with Gasteiger partial charge in [-0.05, 0) is 36.9 Å². The number of unbranched alkanes of at least 4 members (excludes halogenated alkanes) is 1. The zero-order valence-electron chi connectivity index (χ0n) is 11.7. The van der Waals surface area contributed by atoms with E-state index in [-0.39, 0.29) is 5.91 Å². The van der Waals surface area contributed by atoms with E-state index in [1.165, 1.54) is 0 Å². The molecule has 1 amide bonds. The van der Waals surface area contributed by atoms with Crippen LogP contribution in [0, 0.1) is 0 Å². The van der Waals surface area contributed by atoms with Crippen molar-refractivity contribution in [2.45, 2.75) is 12.8 Å². The van der Waals surface area contributed by atoms with E-state index in [4.69, 9.17) is 10.5 Å². The fraction of sp³-hybridized carbons (Fsp3) is 0.312. The van der Waals surface area contributed by atoms with Crippen molar-refractivity contribution in [1.82, 2.24) is 5.32 Å². The van der Waals surface area contributed by atoms with E-state index in [1.54, 1.807) is 13.2 Å². The minimum absolute atomic E-state index is 0.0547. The molecule has 0 saturated carbocycles. The highest BCUT2D eigenvalue weighted by molar-refractivity contribution is 6.08. The smallest absolute Gasteiger partial charge is 0.251 e. The van der Waals surface area contributed by atoms with Crippen molar-refractivity contribution < 1.29 is 9.53 Å². The van der Waals surface area contributed by atoms with Crippen LogP contribution < -0.4 is 15.8 Å². The summed E-state index contributed by atoms with van der Waals surface area (Å²) < 4.78 is 5.33. The van der Waals surface area contributed by atoms with Gasteiger partial charge in [0.2, 0.25) is 0 Å². The van der Waals surface area contributed by atoms with Crippen molar-refractivity contribution in [3.05, 3.63) is 42.0 Å². The molecule has 0 aromatic heterocycles. The summed E-state index contributed by atoms with van der Waals surface area (Å²) in [5.41, 5.74) is 6.11. The van der Waals surface area contributed by atoms with Crippen LogP contribution in [0.25, 0.3) is 10.8 Å². The molecular weight excluding hydrogens is 252 g/mol. The van der Waals surface area contributed by atoms with Gasteiger partial charge in [0, 0.05) is 17.5 Å². The Bertz CT molecular complexity index is 596. The third kappa shape index (κ3) is 3.08. The summed E-state index contributed by atoms with van der Waals surface area (Å²) >= 11 is 0. The third-order valence-electron chi connectivity index (χ3n) is 3.27. The van der Waals surface area contributed by atoms with Gasteiger partial charge in [0.25, 0.3) is 5.91 Å². The molecule has 0 fully saturated rings. The van der Waals surface area contributed by atoms with Gasteiger partial charge in [-0.1, -0.05) is 24.3 Å². The Hall–Kier alpha value is -2.07. The Kier molecular flexibility index (Phi) is 4.96. The summed E-state index contributed by atoms with van der Waals surface area (Å²) in [5, 5.41) is 4.78. The number of hydrogen-bond donors (Lipinski definition) is 2. The molecule has 0 heterocycles. The van der Waals surface area contributed by atoms with Gasteiger partial charge in [-0.15, -0.1) is 0 Å². The topological polar surface area (TPSA) is 64.3 Å². The second-order valence-corrected chi connectivity index (χ2v) is 4.61. The van der Waals surface area contributed by atoms with Crippen molar-refractivity contribution in [2.24, 2.45) is 5.73 Å². The number of nitrogens with one attached hydrogen (secondary N) is 1. The second kappa shape index (κ2) is 6.91. The molecule has 4 nitrogen and oxygen atoms in total. The first-order valence-electron chi connectivity index (χ1n) is 6.82. The van der Waals surface area contributed by atoms with Crippen LogP contribution in [0.2, 0.25) is 0 Å². The Labute approximate surface area is 118 Å². The molecule has 0 aliphatic carbocycles. The van der Waals surface area contributed by atoms with Gasteiger partial charge < -0.3 is 15.8 Å². The van der Waals surface area contributed by atoms with Gasteiger partial charge in [-0.3, -0.25) is 4.79 Å². The molecule has 4 heteroatoms. The molecule has 2 aromatic carbocycles. The standard InChI is InChI=1S/C16H20N2O2/c1-20-15-9-8-14(12-6-2-3-7-13(12)15)16(19)18-11-5-4-10-17/h2-3,6-9H,4-5,10-11,17H2,1H3,(H,18,19). The molecule has 0 unspecified atom stereocenters. The lowest BCUT2D eigenvalue weighted by molar-refractivity contribution is 0.0954. The summed E-state index contributed by atoms with van der Waals surface area (Å²) in [6.45, 7) is 1.30. The lowest BCUT2D eigenvalue weighted by atomic mass is 10.0. The summed E-state index contributed by atoms with van der Waals surface area (Å²) in [6, 6.07) is 11.4. The molecule has 2 rings (SSSR count). The Morgan fingerprint density at radius 3 is 2.60 bits per heavy atom. The minimum atomic E-state index is -0.0547. The normalized spacial score (nSPS) is 10.5. The SMILES string of the molecule is COc1ccc(C(=O)NCCCCN)c2ccccc12. The second-order valence-electron chi connectivity index (χ2n) is 4.61. The number of carbonyl (C=O) groups is 1. The van der Waals surface area contributed by atoms with Crippen molar-refractivity contribution >= 4 is 16.7 Å². The van der Waals surface area contributed by atoms with Gasteiger partial charge in [-0.25, -0.2) is 0 Å². The number of nitrogens with two attached hydrogens (primary N) is 1. The van der Waals surface area contributed by atoms with Crippen LogP contribution in [0.15, 0.2) is 36.4 Å². The molecule has 106 valence electrons. The maximum atomic E-state index is 12.2. The van der Waals surface area contributed by atoms with E-state index in [1.807, 2.05) is 30.3 Å². The van der Waals surface area contributed by atoms with Crippen LogP contribution in [-0.2, 0) is 0 Å². The zero-order chi connectivity index (χ0) is 14.4. The lowest BCUT2D eigenvalue weighted by Gasteiger charge is -2.10. The van der Waals surface area contributed by atoms with E-state index in [0.717, 1.165) is 29.4 Å². The molecule has 2 aromatic rings. The van der Waals surface area contributed by atoms with Crippen molar-refractivity contribution in [3.63, 3.8) is 0 Å². The fourth-order valence-electron chi connectivity index (χ4n) is 2.21. The van der Waals surface area contributed by atoms with E-state index < -0.39 is 0 Å². The van der Waals surface area contributed by atoms with Gasteiger partial charge in [0.1, 0.15) is 5.75 Å². The average molecular weight is 272 g/mol. The van der Waals surface area contributed by atoms with Crippen LogP contribution in [0.1, 0.15) is 23.2 Å². The third-order valence-corrected chi connectivity index (χ3v) is 3.27. The number of ether oxygens (including phenoxy) is 1. The quantitative estimate of drug-likeness (QED) is 0.793. The molecule has 0 radical (unpaired) electrons. The number of amides is 1. The molecule has 0 atom stereocenters. The van der Waals surface area contributed by atoms with Gasteiger partial charge >= 0.3 is 0 Å². The predicted octanol–water partition coefficient (Wildman–Crippen LogP) is 2.32. The largest absolute Gasteiger partial charge is 0.496 e. The number of hydrogen-bond acceptors (Lipinski definition) is 3. The van der Waals surface area contributed by atoms with E-state index in [9.17, 15) is 4.79 Å². The highest BCUT2D eigenvalue weighted by Crippen LogP contribution is 2.28. The Balaban J connectivity index is 2.24. The summed E-state index contributed by atoms with van der Waals surface area (Å²) in [4.78, 5) is 12.2. The molecule has 0 aliphatic heterocycles. The fourth-order valence-corrected chi connectivity index (χ4v) is 2.21. The van der Waals surface area contributed by atoms with Crippen molar-refractivity contribution in [3.8, 4) is 5.75 Å². The number of rotatable bonds is 6. The van der Waals surface area contributed by atoms with Crippen LogP contribution in [0.4, 0.5) is 0 Å². The van der Waals surface area contributed by atoms with E-state index in [0.29, 0.717) is 18.7 Å². The average Bonchev–Trinajstić information content (AvgIpc) is 2.50. The minimum Gasteiger partial charge on any atom is -0.496 e. The van der Waals surface area contributed by atoms with Crippen molar-refractivity contribution in [2.75, 3.05) is 20.2 Å². The first-order valence-corrected chi connectivity index (χ1v) is 6.82. The van der Waals surface area contributed by atoms with Crippen LogP contribution >= 0.6 is 0 Å². The summed E-state index contributed by atoms with van der Waals surface area (Å²) in [6.07, 6.45) is 1.82. The van der Waals surface area contributed by atoms with Crippen LogP contribution in [0.3, 0.4) is 0 Å². The van der Waals surface area contributed by atoms with Gasteiger partial charge in [-0.2, -0.15) is 0 Å². The zero-order valence-corrected chi connectivity index (χ0v) is 11.7. The van der Waals surface area contributed by atoms with Crippen molar-refractivity contribution in [1.29, 1.82) is 0 Å². The monoisotopic (exact) mass is 272 g/mol. The first-order chi connectivity index (χ1) is 9.77. The van der Waals surface area contributed by atoms with E-state index >= 15 is 0 Å². The number of fused-ring (bicyclic) bond motifs is 1. The predicted molar refractivity (Wildman–Crippen MR) is 81.1 cm³/mol. The van der Waals surface area contributed by atoms with Crippen LogP contribution in [0.5, 0.6) is 5.75 Å². The molecule has 0 saturated heterocycles. The highest BCUT2D eigenvalue weighted by atomic mass is 16.5. The number of methoxy groups -OCH3 is 1. The van der Waals surface area contributed by atoms with Gasteiger partial charge in [0.15, 0.2) is 0 Å². The first kappa shape index (κ1) is 14.3. The number of benzene rings is 2.